The van der Waals surface area contributed by atoms with Crippen molar-refractivity contribution < 1.29 is 27.5 Å². The molecule has 2 aromatic carbocycles. The molecule has 0 bridgehead atoms. The lowest BCUT2D eigenvalue weighted by Gasteiger charge is -2.13. The van der Waals surface area contributed by atoms with Gasteiger partial charge in [0.05, 0.1) is 5.56 Å². The summed E-state index contributed by atoms with van der Waals surface area (Å²) in [5, 5.41) is 2.35. The average molecular weight is 416 g/mol. The van der Waals surface area contributed by atoms with Crippen molar-refractivity contribution in [1.29, 1.82) is 0 Å². The number of hydrogen-bond donors (Lipinski definition) is 1. The first kappa shape index (κ1) is 19.0. The van der Waals surface area contributed by atoms with Gasteiger partial charge in [0.15, 0.2) is 0 Å². The van der Waals surface area contributed by atoms with E-state index in [1.807, 2.05) is 0 Å². The Bertz CT molecular complexity index is 778. The first-order chi connectivity index (χ1) is 11.8. The molecule has 0 spiro atoms. The number of halogens is 4. The van der Waals surface area contributed by atoms with Crippen molar-refractivity contribution in [2.75, 3.05) is 6.54 Å². The molecule has 132 valence electrons. The highest BCUT2D eigenvalue weighted by Gasteiger charge is 2.33. The molecule has 1 amide bonds. The van der Waals surface area contributed by atoms with E-state index in [0.717, 1.165) is 6.07 Å². The Morgan fingerprint density at radius 2 is 1.80 bits per heavy atom. The maximum Gasteiger partial charge on any atom is 0.416 e. The quantitative estimate of drug-likeness (QED) is 0.752. The van der Waals surface area contributed by atoms with E-state index in [1.54, 1.807) is 24.3 Å². The summed E-state index contributed by atoms with van der Waals surface area (Å²) >= 11 is 3.22. The molecule has 0 saturated heterocycles. The zero-order chi connectivity index (χ0) is 18.4. The molecular weight excluding hydrogens is 403 g/mol. The van der Waals surface area contributed by atoms with Gasteiger partial charge in [-0.1, -0.05) is 40.2 Å². The summed E-state index contributed by atoms with van der Waals surface area (Å²) in [6.07, 6.45) is -4.53. The number of alkyl halides is 3. The number of rotatable bonds is 5. The monoisotopic (exact) mass is 415 g/mol. The van der Waals surface area contributed by atoms with Crippen LogP contribution in [0.5, 0.6) is 0 Å². The van der Waals surface area contributed by atoms with Crippen LogP contribution in [0, 0.1) is 0 Å². The molecule has 4 nitrogen and oxygen atoms in total. The Kier molecular flexibility index (Phi) is 6.19. The second-order valence-corrected chi connectivity index (χ2v) is 5.92. The van der Waals surface area contributed by atoms with Crippen molar-refractivity contribution in [2.24, 2.45) is 0 Å². The van der Waals surface area contributed by atoms with Crippen molar-refractivity contribution in [3.8, 4) is 0 Å². The van der Waals surface area contributed by atoms with E-state index >= 15 is 0 Å². The van der Waals surface area contributed by atoms with Crippen LogP contribution in [0.2, 0.25) is 0 Å². The van der Waals surface area contributed by atoms with E-state index in [4.69, 9.17) is 4.74 Å². The number of carbonyl (C=O) groups is 2. The predicted octanol–water partition coefficient (Wildman–Crippen LogP) is 3.94. The van der Waals surface area contributed by atoms with Crippen molar-refractivity contribution in [2.45, 2.75) is 12.8 Å². The normalized spacial score (nSPS) is 11.0. The molecule has 0 aromatic heterocycles. The molecule has 0 fully saturated rings. The van der Waals surface area contributed by atoms with Gasteiger partial charge < -0.3 is 10.1 Å². The van der Waals surface area contributed by atoms with Gasteiger partial charge in [0, 0.05) is 15.6 Å². The second kappa shape index (κ2) is 8.15. The summed E-state index contributed by atoms with van der Waals surface area (Å²) in [6.45, 7) is -0.971. The van der Waals surface area contributed by atoms with Gasteiger partial charge in [0.25, 0.3) is 5.91 Å². The molecule has 0 atom stereocenters. The summed E-state index contributed by atoms with van der Waals surface area (Å²) in [7, 11) is 0. The number of benzene rings is 2. The van der Waals surface area contributed by atoms with Gasteiger partial charge in [-0.3, -0.25) is 9.59 Å². The van der Waals surface area contributed by atoms with Gasteiger partial charge in [-0.25, -0.2) is 0 Å². The molecule has 0 saturated carbocycles. The Balaban J connectivity index is 1.89. The number of nitrogens with one attached hydrogen (secondary N) is 1. The van der Waals surface area contributed by atoms with Crippen molar-refractivity contribution in [3.63, 3.8) is 0 Å². The first-order valence-corrected chi connectivity index (χ1v) is 7.91. The molecule has 1 N–H and O–H groups in total. The summed E-state index contributed by atoms with van der Waals surface area (Å²) < 4.78 is 44.0. The van der Waals surface area contributed by atoms with Crippen molar-refractivity contribution >= 4 is 27.8 Å². The summed E-state index contributed by atoms with van der Waals surface area (Å²) in [5.74, 6) is -1.32. The smallest absolute Gasteiger partial charge is 0.416 e. The van der Waals surface area contributed by atoms with Crippen LogP contribution < -0.4 is 5.32 Å². The maximum atomic E-state index is 12.8. The second-order valence-electron chi connectivity index (χ2n) is 5.01. The highest BCUT2D eigenvalue weighted by atomic mass is 79.9. The SMILES string of the molecule is O=C(CNC(=O)c1cccc(Br)c1)OCc1ccccc1C(F)(F)F. The van der Waals surface area contributed by atoms with Crippen molar-refractivity contribution in [3.05, 3.63) is 69.7 Å². The van der Waals surface area contributed by atoms with E-state index < -0.39 is 36.8 Å². The van der Waals surface area contributed by atoms with Crippen LogP contribution in [0.1, 0.15) is 21.5 Å². The van der Waals surface area contributed by atoms with Crippen LogP contribution in [0.25, 0.3) is 0 Å². The maximum absolute atomic E-state index is 12.8. The van der Waals surface area contributed by atoms with Crippen LogP contribution in [-0.2, 0) is 22.3 Å². The van der Waals surface area contributed by atoms with Gasteiger partial charge in [-0.05, 0) is 24.3 Å². The lowest BCUT2D eigenvalue weighted by Crippen LogP contribution is -2.30. The van der Waals surface area contributed by atoms with E-state index in [-0.39, 0.29) is 5.56 Å². The van der Waals surface area contributed by atoms with E-state index in [2.05, 4.69) is 21.2 Å². The van der Waals surface area contributed by atoms with Crippen LogP contribution >= 0.6 is 15.9 Å². The summed E-state index contributed by atoms with van der Waals surface area (Å²) in [6, 6.07) is 11.4. The molecule has 0 radical (unpaired) electrons. The summed E-state index contributed by atoms with van der Waals surface area (Å²) in [4.78, 5) is 23.5. The average Bonchev–Trinajstić information content (AvgIpc) is 2.57. The summed E-state index contributed by atoms with van der Waals surface area (Å²) in [5.41, 5.74) is -0.674. The minimum absolute atomic E-state index is 0.151. The van der Waals surface area contributed by atoms with Gasteiger partial charge in [-0.15, -0.1) is 0 Å². The van der Waals surface area contributed by atoms with Gasteiger partial charge in [0.1, 0.15) is 13.2 Å². The van der Waals surface area contributed by atoms with Gasteiger partial charge >= 0.3 is 12.1 Å². The number of carbonyl (C=O) groups excluding carboxylic acids is 2. The molecule has 0 aliphatic carbocycles. The molecule has 25 heavy (non-hydrogen) atoms. The fraction of sp³-hybridized carbons (Fsp3) is 0.176. The fourth-order valence-electron chi connectivity index (χ4n) is 2.02. The van der Waals surface area contributed by atoms with Crippen LogP contribution in [0.3, 0.4) is 0 Å². The van der Waals surface area contributed by atoms with Crippen LogP contribution in [0.4, 0.5) is 13.2 Å². The number of amides is 1. The Labute approximate surface area is 150 Å². The Morgan fingerprint density at radius 1 is 1.08 bits per heavy atom. The minimum Gasteiger partial charge on any atom is -0.459 e. The Hall–Kier alpha value is -2.35. The van der Waals surface area contributed by atoms with Crippen LogP contribution in [-0.4, -0.2) is 18.4 Å². The van der Waals surface area contributed by atoms with E-state index in [0.29, 0.717) is 10.0 Å². The molecule has 0 aliphatic heterocycles. The lowest BCUT2D eigenvalue weighted by molar-refractivity contribution is -0.146. The van der Waals surface area contributed by atoms with E-state index in [9.17, 15) is 22.8 Å². The fourth-order valence-corrected chi connectivity index (χ4v) is 2.42. The highest BCUT2D eigenvalue weighted by Crippen LogP contribution is 2.32. The van der Waals surface area contributed by atoms with Gasteiger partial charge in [-0.2, -0.15) is 13.2 Å². The Morgan fingerprint density at radius 3 is 2.48 bits per heavy atom. The largest absolute Gasteiger partial charge is 0.459 e. The third-order valence-electron chi connectivity index (χ3n) is 3.19. The molecule has 0 heterocycles. The zero-order valence-electron chi connectivity index (χ0n) is 12.8. The number of ether oxygens (including phenoxy) is 1. The van der Waals surface area contributed by atoms with Gasteiger partial charge in [0.2, 0.25) is 0 Å². The minimum atomic E-state index is -4.53. The molecular formula is C17H13BrF3NO3. The first-order valence-electron chi connectivity index (χ1n) is 7.12. The molecule has 8 heteroatoms. The lowest BCUT2D eigenvalue weighted by atomic mass is 10.1. The topological polar surface area (TPSA) is 55.4 Å². The van der Waals surface area contributed by atoms with Crippen molar-refractivity contribution in [1.82, 2.24) is 5.32 Å². The highest BCUT2D eigenvalue weighted by molar-refractivity contribution is 9.10. The molecule has 2 aromatic rings. The molecule has 0 aliphatic rings. The number of esters is 1. The number of hydrogen-bond acceptors (Lipinski definition) is 3. The predicted molar refractivity (Wildman–Crippen MR) is 87.7 cm³/mol. The third kappa shape index (κ3) is 5.60. The third-order valence-corrected chi connectivity index (χ3v) is 3.68. The molecule has 2 rings (SSSR count). The van der Waals surface area contributed by atoms with Crippen LogP contribution in [0.15, 0.2) is 53.0 Å². The standard InChI is InChI=1S/C17H13BrF3NO3/c18-13-6-3-5-11(8-13)16(24)22-9-15(23)25-10-12-4-1-2-7-14(12)17(19,20)21/h1-8H,9-10H2,(H,22,24). The van der Waals surface area contributed by atoms with E-state index in [1.165, 1.54) is 18.2 Å². The zero-order valence-corrected chi connectivity index (χ0v) is 14.4. The molecule has 0 unspecified atom stereocenters.